The van der Waals surface area contributed by atoms with Gasteiger partial charge in [0.2, 0.25) is 0 Å². The monoisotopic (exact) mass is 503 g/mol. The van der Waals surface area contributed by atoms with Crippen LogP contribution in [0, 0.1) is 0 Å². The lowest BCUT2D eigenvalue weighted by molar-refractivity contribution is 0.0734. The molecule has 5 heteroatoms. The molecule has 0 saturated heterocycles. The zero-order valence-electron chi connectivity index (χ0n) is 21.7. The van der Waals surface area contributed by atoms with Gasteiger partial charge in [0.15, 0.2) is 0 Å². The number of H-pyrrole nitrogens is 1. The van der Waals surface area contributed by atoms with Crippen molar-refractivity contribution in [3.8, 4) is 17.2 Å². The molecule has 0 spiro atoms. The Labute approximate surface area is 222 Å². The van der Waals surface area contributed by atoms with Crippen molar-refractivity contribution in [2.75, 3.05) is 14.2 Å². The van der Waals surface area contributed by atoms with Gasteiger partial charge >= 0.3 is 5.97 Å². The predicted octanol–water partition coefficient (Wildman–Crippen LogP) is 7.77. The van der Waals surface area contributed by atoms with Gasteiger partial charge in [0, 0.05) is 22.7 Å². The highest BCUT2D eigenvalue weighted by Crippen LogP contribution is 2.38. The minimum atomic E-state index is -0.417. The number of carbonyl (C=O) groups excluding carboxylic acids is 1. The minimum Gasteiger partial charge on any atom is -0.497 e. The van der Waals surface area contributed by atoms with Gasteiger partial charge in [-0.25, -0.2) is 4.79 Å². The first-order valence-electron chi connectivity index (χ1n) is 12.5. The summed E-state index contributed by atoms with van der Waals surface area (Å²) in [5, 5.41) is 1.18. The van der Waals surface area contributed by atoms with Gasteiger partial charge in [0.1, 0.15) is 17.2 Å². The average molecular weight is 504 g/mol. The number of ether oxygens (including phenoxy) is 3. The lowest BCUT2D eigenvalue weighted by atomic mass is 9.88. The largest absolute Gasteiger partial charge is 0.497 e. The third kappa shape index (κ3) is 5.04. The zero-order valence-corrected chi connectivity index (χ0v) is 21.7. The number of para-hydroxylation sites is 1. The Bertz CT molecular complexity index is 1580. The van der Waals surface area contributed by atoms with Crippen LogP contribution in [0.2, 0.25) is 0 Å². The Morgan fingerprint density at radius 3 is 1.76 bits per heavy atom. The minimum absolute atomic E-state index is 0.417. The third-order valence-electron chi connectivity index (χ3n) is 6.63. The Morgan fingerprint density at radius 1 is 0.684 bits per heavy atom. The van der Waals surface area contributed by atoms with E-state index in [4.69, 9.17) is 14.2 Å². The number of hydrogen-bond acceptors (Lipinski definition) is 4. The molecule has 38 heavy (non-hydrogen) atoms. The van der Waals surface area contributed by atoms with Crippen LogP contribution in [0.4, 0.5) is 0 Å². The average Bonchev–Trinajstić information content (AvgIpc) is 3.40. The molecule has 0 aliphatic heterocycles. The first-order valence-corrected chi connectivity index (χ1v) is 12.5. The van der Waals surface area contributed by atoms with Gasteiger partial charge in [-0.15, -0.1) is 0 Å². The van der Waals surface area contributed by atoms with Gasteiger partial charge in [-0.05, 0) is 83.3 Å². The first kappa shape index (κ1) is 24.9. The number of methoxy groups -OCH3 is 2. The van der Waals surface area contributed by atoms with E-state index in [9.17, 15) is 4.79 Å². The zero-order chi connectivity index (χ0) is 26.5. The fourth-order valence-corrected chi connectivity index (χ4v) is 4.68. The molecule has 1 N–H and O–H groups in total. The molecule has 190 valence electrons. The van der Waals surface area contributed by atoms with Crippen molar-refractivity contribution in [1.29, 1.82) is 0 Å². The molecular weight excluding hydrogens is 474 g/mol. The van der Waals surface area contributed by atoms with Gasteiger partial charge in [-0.1, -0.05) is 49.4 Å². The standard InChI is InChI=1S/C33H29NO4/c1-4-28(30-21-34-31-8-6-5-7-29(30)31)32(22-9-15-25(36-2)16-10-22)23-11-19-27(20-12-23)38-33(35)24-13-17-26(37-3)18-14-24/h5-21,34H,4H2,1-3H3/b32-28-. The van der Waals surface area contributed by atoms with E-state index in [-0.39, 0.29) is 0 Å². The highest BCUT2D eigenvalue weighted by atomic mass is 16.5. The molecule has 5 nitrogen and oxygen atoms in total. The summed E-state index contributed by atoms with van der Waals surface area (Å²) in [6.45, 7) is 2.17. The van der Waals surface area contributed by atoms with Gasteiger partial charge < -0.3 is 19.2 Å². The van der Waals surface area contributed by atoms with E-state index in [0.717, 1.165) is 34.4 Å². The van der Waals surface area contributed by atoms with E-state index in [2.05, 4.69) is 48.4 Å². The number of fused-ring (bicyclic) bond motifs is 1. The molecule has 0 fully saturated rings. The van der Waals surface area contributed by atoms with Crippen molar-refractivity contribution >= 4 is 28.0 Å². The smallest absolute Gasteiger partial charge is 0.343 e. The van der Waals surface area contributed by atoms with Crippen LogP contribution in [0.25, 0.3) is 22.0 Å². The Balaban J connectivity index is 1.54. The molecule has 0 bridgehead atoms. The number of nitrogens with one attached hydrogen (secondary N) is 1. The van der Waals surface area contributed by atoms with Gasteiger partial charge in [0.05, 0.1) is 19.8 Å². The van der Waals surface area contributed by atoms with Crippen LogP contribution < -0.4 is 14.2 Å². The Hall–Kier alpha value is -4.77. The van der Waals surface area contributed by atoms with Crippen LogP contribution in [0.3, 0.4) is 0 Å². The molecule has 0 amide bonds. The van der Waals surface area contributed by atoms with E-state index >= 15 is 0 Å². The summed E-state index contributed by atoms with van der Waals surface area (Å²) in [5.41, 5.74) is 7.18. The molecule has 0 radical (unpaired) electrons. The fourth-order valence-electron chi connectivity index (χ4n) is 4.68. The SMILES string of the molecule is CC/C(=C(\c1ccc(OC)cc1)c1ccc(OC(=O)c2ccc(OC)cc2)cc1)c1c[nH]c2ccccc12. The number of aromatic nitrogens is 1. The fraction of sp³-hybridized carbons (Fsp3) is 0.121. The van der Waals surface area contributed by atoms with Crippen molar-refractivity contribution in [3.63, 3.8) is 0 Å². The highest BCUT2D eigenvalue weighted by Gasteiger charge is 2.17. The summed E-state index contributed by atoms with van der Waals surface area (Å²) in [7, 11) is 3.26. The highest BCUT2D eigenvalue weighted by molar-refractivity contribution is 6.05. The van der Waals surface area contributed by atoms with Crippen molar-refractivity contribution in [2.45, 2.75) is 13.3 Å². The third-order valence-corrected chi connectivity index (χ3v) is 6.63. The number of benzene rings is 4. The maximum absolute atomic E-state index is 12.7. The molecule has 5 aromatic rings. The summed E-state index contributed by atoms with van der Waals surface area (Å²) in [6.07, 6.45) is 2.91. The van der Waals surface area contributed by atoms with E-state index < -0.39 is 5.97 Å². The van der Waals surface area contributed by atoms with Gasteiger partial charge in [-0.3, -0.25) is 0 Å². The van der Waals surface area contributed by atoms with Gasteiger partial charge in [0.25, 0.3) is 0 Å². The van der Waals surface area contributed by atoms with Crippen LogP contribution in [0.15, 0.2) is 103 Å². The normalized spacial score (nSPS) is 11.7. The molecule has 5 rings (SSSR count). The van der Waals surface area contributed by atoms with Crippen molar-refractivity contribution in [3.05, 3.63) is 126 Å². The summed E-state index contributed by atoms with van der Waals surface area (Å²) in [6, 6.07) is 31.0. The Morgan fingerprint density at radius 2 is 1.21 bits per heavy atom. The molecular formula is C33H29NO4. The lowest BCUT2D eigenvalue weighted by Crippen LogP contribution is -2.08. The number of carbonyl (C=O) groups is 1. The number of esters is 1. The van der Waals surface area contributed by atoms with Crippen LogP contribution in [0.5, 0.6) is 17.2 Å². The van der Waals surface area contributed by atoms with Gasteiger partial charge in [-0.2, -0.15) is 0 Å². The summed E-state index contributed by atoms with van der Waals surface area (Å²) in [5.74, 6) is 1.55. The number of rotatable bonds is 8. The molecule has 0 aliphatic carbocycles. The van der Waals surface area contributed by atoms with E-state index in [1.807, 2.05) is 42.5 Å². The van der Waals surface area contributed by atoms with Crippen molar-refractivity contribution in [2.24, 2.45) is 0 Å². The van der Waals surface area contributed by atoms with E-state index in [1.165, 1.54) is 16.5 Å². The maximum atomic E-state index is 12.7. The van der Waals surface area contributed by atoms with Crippen LogP contribution in [0.1, 0.15) is 40.4 Å². The second-order valence-electron chi connectivity index (χ2n) is 8.83. The molecule has 1 aromatic heterocycles. The summed E-state index contributed by atoms with van der Waals surface area (Å²) >= 11 is 0. The Kier molecular flexibility index (Phi) is 7.27. The van der Waals surface area contributed by atoms with Crippen molar-refractivity contribution < 1.29 is 19.0 Å². The van der Waals surface area contributed by atoms with Crippen LogP contribution in [-0.4, -0.2) is 25.2 Å². The number of aromatic amines is 1. The van der Waals surface area contributed by atoms with Crippen LogP contribution >= 0.6 is 0 Å². The molecule has 1 heterocycles. The maximum Gasteiger partial charge on any atom is 0.343 e. The van der Waals surface area contributed by atoms with Crippen LogP contribution in [-0.2, 0) is 0 Å². The second-order valence-corrected chi connectivity index (χ2v) is 8.83. The molecule has 0 aliphatic rings. The first-order chi connectivity index (χ1) is 18.6. The molecule has 4 aromatic carbocycles. The van der Waals surface area contributed by atoms with Crippen molar-refractivity contribution in [1.82, 2.24) is 4.98 Å². The summed E-state index contributed by atoms with van der Waals surface area (Å²) in [4.78, 5) is 16.1. The number of allylic oxidation sites excluding steroid dienone is 1. The molecule has 0 unspecified atom stereocenters. The summed E-state index contributed by atoms with van der Waals surface area (Å²) < 4.78 is 16.2. The predicted molar refractivity (Wildman–Crippen MR) is 152 cm³/mol. The topological polar surface area (TPSA) is 60.6 Å². The van der Waals surface area contributed by atoms with E-state index in [0.29, 0.717) is 17.1 Å². The lowest BCUT2D eigenvalue weighted by Gasteiger charge is -2.17. The second kappa shape index (κ2) is 11.1. The molecule has 0 atom stereocenters. The quantitative estimate of drug-likeness (QED) is 0.174. The molecule has 0 saturated carbocycles. The van der Waals surface area contributed by atoms with E-state index in [1.54, 1.807) is 38.5 Å². The number of hydrogen-bond donors (Lipinski definition) is 1.